The van der Waals surface area contributed by atoms with Gasteiger partial charge in [0, 0.05) is 6.42 Å². The van der Waals surface area contributed by atoms with Crippen LogP contribution in [-0.4, -0.2) is 32.8 Å². The van der Waals surface area contributed by atoms with Crippen molar-refractivity contribution in [1.29, 1.82) is 0 Å². The Hall–Kier alpha value is -3.85. The number of nitrogens with one attached hydrogen (secondary N) is 1. The molecule has 3 rings (SSSR count). The van der Waals surface area contributed by atoms with Crippen LogP contribution < -0.4 is 14.3 Å². The molecule has 0 saturated carbocycles. The van der Waals surface area contributed by atoms with Gasteiger partial charge in [-0.2, -0.15) is 13.5 Å². The maximum atomic E-state index is 12.8. The maximum absolute atomic E-state index is 12.8. The number of methoxy groups -OCH3 is 1. The second-order valence-electron chi connectivity index (χ2n) is 12.1. The molecule has 220 valence electrons. The van der Waals surface area contributed by atoms with Gasteiger partial charge in [0.25, 0.3) is 0 Å². The fraction of sp³-hybridized carbons (Fsp3) is 0.375. The molecule has 0 saturated heterocycles. The lowest BCUT2D eigenvalue weighted by Crippen LogP contribution is -2.20. The zero-order valence-electron chi connectivity index (χ0n) is 25.0. The van der Waals surface area contributed by atoms with Crippen molar-refractivity contribution in [3.8, 4) is 17.2 Å². The standard InChI is InChI=1S/C32H40N2O6S/c1-21-9-13-24(14-10-21)41(37,38)40-28-19-23(11-15-27(28)39-8)20-33-34-29(35)16-12-22-17-25(31(2,3)4)30(36)26(18-22)32(5,6)7/h9-11,13-15,17-20,36H,12,16H2,1-8H3,(H,34,35)/b33-20-. The molecule has 0 spiro atoms. The lowest BCUT2D eigenvalue weighted by molar-refractivity contribution is -0.121. The van der Waals surface area contributed by atoms with E-state index in [1.54, 1.807) is 24.3 Å². The van der Waals surface area contributed by atoms with Gasteiger partial charge in [-0.05, 0) is 76.8 Å². The van der Waals surface area contributed by atoms with Gasteiger partial charge in [-0.3, -0.25) is 4.79 Å². The Bertz CT molecular complexity index is 1490. The highest BCUT2D eigenvalue weighted by atomic mass is 32.2. The van der Waals surface area contributed by atoms with Crippen molar-refractivity contribution < 1.29 is 27.2 Å². The SMILES string of the molecule is COc1ccc(/C=N\NC(=O)CCc2cc(C(C)(C)C)c(O)c(C(C)(C)C)c2)cc1OS(=O)(=O)c1ccc(C)cc1. The Morgan fingerprint density at radius 1 is 0.927 bits per heavy atom. The molecule has 0 aromatic heterocycles. The minimum absolute atomic E-state index is 0.0000122. The molecule has 0 aliphatic rings. The van der Waals surface area contributed by atoms with Gasteiger partial charge in [-0.1, -0.05) is 71.4 Å². The van der Waals surface area contributed by atoms with E-state index in [0.717, 1.165) is 22.3 Å². The van der Waals surface area contributed by atoms with E-state index >= 15 is 0 Å². The first-order valence-corrected chi connectivity index (χ1v) is 14.8. The van der Waals surface area contributed by atoms with Gasteiger partial charge in [-0.25, -0.2) is 5.43 Å². The monoisotopic (exact) mass is 580 g/mol. The molecule has 41 heavy (non-hydrogen) atoms. The normalized spacial score (nSPS) is 12.4. The highest BCUT2D eigenvalue weighted by Gasteiger charge is 2.26. The van der Waals surface area contributed by atoms with Gasteiger partial charge >= 0.3 is 10.1 Å². The van der Waals surface area contributed by atoms with Crippen LogP contribution in [0.25, 0.3) is 0 Å². The fourth-order valence-electron chi connectivity index (χ4n) is 4.18. The molecule has 3 aromatic rings. The van der Waals surface area contributed by atoms with E-state index in [-0.39, 0.29) is 39.6 Å². The molecular formula is C32H40N2O6S. The fourth-order valence-corrected chi connectivity index (χ4v) is 5.12. The Morgan fingerprint density at radius 3 is 2.05 bits per heavy atom. The van der Waals surface area contributed by atoms with Crippen molar-refractivity contribution >= 4 is 22.2 Å². The zero-order valence-corrected chi connectivity index (χ0v) is 25.8. The van der Waals surface area contributed by atoms with Crippen LogP contribution in [0.5, 0.6) is 17.2 Å². The molecule has 0 unspecified atom stereocenters. The molecule has 1 amide bonds. The van der Waals surface area contributed by atoms with Crippen LogP contribution in [0.4, 0.5) is 0 Å². The number of aryl methyl sites for hydroxylation is 2. The Morgan fingerprint density at radius 2 is 1.51 bits per heavy atom. The maximum Gasteiger partial charge on any atom is 0.339 e. The summed E-state index contributed by atoms with van der Waals surface area (Å²) in [6.45, 7) is 14.2. The number of carbonyl (C=O) groups excluding carboxylic acids is 1. The second-order valence-corrected chi connectivity index (χ2v) is 13.6. The molecule has 3 aromatic carbocycles. The molecular weight excluding hydrogens is 540 g/mol. The van der Waals surface area contributed by atoms with Gasteiger partial charge in [0.2, 0.25) is 5.91 Å². The summed E-state index contributed by atoms with van der Waals surface area (Å²) in [7, 11) is -2.67. The van der Waals surface area contributed by atoms with E-state index in [0.29, 0.717) is 17.7 Å². The van der Waals surface area contributed by atoms with E-state index in [4.69, 9.17) is 8.92 Å². The summed E-state index contributed by atoms with van der Waals surface area (Å²) in [5.41, 5.74) is 6.09. The highest BCUT2D eigenvalue weighted by molar-refractivity contribution is 7.87. The van der Waals surface area contributed by atoms with Crippen LogP contribution >= 0.6 is 0 Å². The van der Waals surface area contributed by atoms with Crippen molar-refractivity contribution in [2.24, 2.45) is 5.10 Å². The van der Waals surface area contributed by atoms with Crippen molar-refractivity contribution in [3.63, 3.8) is 0 Å². The zero-order chi connectivity index (χ0) is 30.6. The lowest BCUT2D eigenvalue weighted by Gasteiger charge is -2.28. The number of hydrogen-bond donors (Lipinski definition) is 2. The first-order valence-electron chi connectivity index (χ1n) is 13.4. The van der Waals surface area contributed by atoms with E-state index in [9.17, 15) is 18.3 Å². The van der Waals surface area contributed by atoms with Gasteiger partial charge in [0.1, 0.15) is 10.6 Å². The quantitative estimate of drug-likeness (QED) is 0.178. The van der Waals surface area contributed by atoms with E-state index in [2.05, 4.69) is 10.5 Å². The molecule has 0 bridgehead atoms. The number of nitrogens with zero attached hydrogens (tertiary/aromatic N) is 1. The number of ether oxygens (including phenoxy) is 1. The molecule has 0 aliphatic heterocycles. The number of carbonyl (C=O) groups is 1. The van der Waals surface area contributed by atoms with Crippen LogP contribution in [0.1, 0.15) is 75.8 Å². The average Bonchev–Trinajstić information content (AvgIpc) is 2.87. The third-order valence-electron chi connectivity index (χ3n) is 6.53. The molecule has 0 atom stereocenters. The summed E-state index contributed by atoms with van der Waals surface area (Å²) < 4.78 is 36.2. The largest absolute Gasteiger partial charge is 0.507 e. The predicted octanol–water partition coefficient (Wildman–Crippen LogP) is 6.15. The van der Waals surface area contributed by atoms with Crippen molar-refractivity contribution in [1.82, 2.24) is 5.43 Å². The van der Waals surface area contributed by atoms with Crippen molar-refractivity contribution in [3.05, 3.63) is 82.4 Å². The summed E-state index contributed by atoms with van der Waals surface area (Å²) >= 11 is 0. The summed E-state index contributed by atoms with van der Waals surface area (Å²) in [4.78, 5) is 12.6. The van der Waals surface area contributed by atoms with Crippen LogP contribution in [0.15, 0.2) is 64.6 Å². The minimum atomic E-state index is -4.08. The van der Waals surface area contributed by atoms with Crippen LogP contribution in [-0.2, 0) is 32.2 Å². The third-order valence-corrected chi connectivity index (χ3v) is 7.77. The summed E-state index contributed by atoms with van der Waals surface area (Å²) in [5.74, 6) is 0.258. The Kier molecular flexibility index (Phi) is 9.54. The summed E-state index contributed by atoms with van der Waals surface area (Å²) in [6, 6.07) is 15.0. The number of benzene rings is 3. The minimum Gasteiger partial charge on any atom is -0.507 e. The van der Waals surface area contributed by atoms with E-state index in [1.807, 2.05) is 60.6 Å². The molecule has 0 fully saturated rings. The van der Waals surface area contributed by atoms with Gasteiger partial charge in [0.05, 0.1) is 13.3 Å². The topological polar surface area (TPSA) is 114 Å². The first kappa shape index (κ1) is 31.7. The molecule has 9 heteroatoms. The van der Waals surface area contributed by atoms with Crippen molar-refractivity contribution in [2.75, 3.05) is 7.11 Å². The van der Waals surface area contributed by atoms with E-state index < -0.39 is 10.1 Å². The van der Waals surface area contributed by atoms with Gasteiger partial charge in [-0.15, -0.1) is 0 Å². The molecule has 2 N–H and O–H groups in total. The number of hydrogen-bond acceptors (Lipinski definition) is 7. The highest BCUT2D eigenvalue weighted by Crippen LogP contribution is 2.40. The summed E-state index contributed by atoms with van der Waals surface area (Å²) in [5, 5.41) is 15.0. The van der Waals surface area contributed by atoms with Crippen LogP contribution in [0.2, 0.25) is 0 Å². The lowest BCUT2D eigenvalue weighted by atomic mass is 9.78. The molecule has 0 heterocycles. The van der Waals surface area contributed by atoms with Gasteiger partial charge < -0.3 is 14.0 Å². The number of amides is 1. The third kappa shape index (κ3) is 8.33. The molecule has 0 radical (unpaired) electrons. The van der Waals surface area contributed by atoms with E-state index in [1.165, 1.54) is 31.5 Å². The number of aromatic hydroxyl groups is 1. The molecule has 8 nitrogen and oxygen atoms in total. The predicted molar refractivity (Wildman–Crippen MR) is 162 cm³/mol. The van der Waals surface area contributed by atoms with Crippen LogP contribution in [0.3, 0.4) is 0 Å². The number of rotatable bonds is 9. The summed E-state index contributed by atoms with van der Waals surface area (Å²) in [6.07, 6.45) is 2.07. The number of phenolic OH excluding ortho intramolecular Hbond substituents is 1. The Labute approximate surface area is 243 Å². The number of phenols is 1. The first-order chi connectivity index (χ1) is 19.0. The molecule has 0 aliphatic carbocycles. The van der Waals surface area contributed by atoms with Crippen LogP contribution in [0, 0.1) is 6.92 Å². The second kappa shape index (κ2) is 12.3. The number of hydrazone groups is 1. The smallest absolute Gasteiger partial charge is 0.339 e. The van der Waals surface area contributed by atoms with Gasteiger partial charge in [0.15, 0.2) is 11.5 Å². The van der Waals surface area contributed by atoms with Crippen molar-refractivity contribution in [2.45, 2.75) is 77.0 Å². The average molecular weight is 581 g/mol. The Balaban J connectivity index is 1.70.